The first-order valence-corrected chi connectivity index (χ1v) is 7.78. The Morgan fingerprint density at radius 1 is 1.30 bits per heavy atom. The van der Waals surface area contributed by atoms with Gasteiger partial charge in [0.05, 0.1) is 6.54 Å². The van der Waals surface area contributed by atoms with Crippen LogP contribution in [0.1, 0.15) is 20.8 Å². The molecule has 0 unspecified atom stereocenters. The van der Waals surface area contributed by atoms with Crippen LogP contribution in [0.4, 0.5) is 10.5 Å². The second kappa shape index (κ2) is 6.66. The van der Waals surface area contributed by atoms with Gasteiger partial charge in [-0.05, 0) is 39.0 Å². The van der Waals surface area contributed by atoms with E-state index in [9.17, 15) is 14.7 Å². The molecule has 23 heavy (non-hydrogen) atoms. The number of piperazine rings is 1. The lowest BCUT2D eigenvalue weighted by Gasteiger charge is -2.40. The minimum atomic E-state index is -0.988. The summed E-state index contributed by atoms with van der Waals surface area (Å²) in [5, 5.41) is 10.1. The summed E-state index contributed by atoms with van der Waals surface area (Å²) in [6, 6.07) is 6.20. The summed E-state index contributed by atoms with van der Waals surface area (Å²) in [6.45, 7) is 6.20. The van der Waals surface area contributed by atoms with Gasteiger partial charge in [0.25, 0.3) is 0 Å². The first-order chi connectivity index (χ1) is 10.7. The molecule has 1 saturated heterocycles. The Labute approximate surface area is 140 Å². The van der Waals surface area contributed by atoms with Crippen LogP contribution >= 0.6 is 11.6 Å². The molecule has 1 amide bonds. The van der Waals surface area contributed by atoms with Crippen LogP contribution in [0.5, 0.6) is 0 Å². The molecule has 0 radical (unpaired) electrons. The van der Waals surface area contributed by atoms with E-state index in [4.69, 9.17) is 16.3 Å². The summed E-state index contributed by atoms with van der Waals surface area (Å²) in [4.78, 5) is 27.0. The van der Waals surface area contributed by atoms with Crippen molar-refractivity contribution < 1.29 is 19.4 Å². The third-order valence-corrected chi connectivity index (χ3v) is 3.69. The Hall–Kier alpha value is -1.95. The van der Waals surface area contributed by atoms with Gasteiger partial charge < -0.3 is 19.6 Å². The molecule has 1 aliphatic heterocycles. The molecule has 1 aromatic rings. The van der Waals surface area contributed by atoms with Gasteiger partial charge in [-0.3, -0.25) is 0 Å². The summed E-state index contributed by atoms with van der Waals surface area (Å²) in [5.41, 5.74) is 0.119. The van der Waals surface area contributed by atoms with E-state index < -0.39 is 23.7 Å². The number of hydrogen-bond donors (Lipinski definition) is 1. The van der Waals surface area contributed by atoms with Crippen molar-refractivity contribution in [1.82, 2.24) is 4.90 Å². The van der Waals surface area contributed by atoms with Crippen LogP contribution in [0.15, 0.2) is 24.3 Å². The number of carbonyl (C=O) groups excluding carboxylic acids is 1. The Kier molecular flexibility index (Phi) is 5.04. The molecule has 0 aromatic heterocycles. The van der Waals surface area contributed by atoms with Crippen molar-refractivity contribution in [3.63, 3.8) is 0 Å². The second-order valence-corrected chi connectivity index (χ2v) is 6.89. The van der Waals surface area contributed by atoms with Crippen LogP contribution in [0.25, 0.3) is 0 Å². The van der Waals surface area contributed by atoms with Crippen LogP contribution < -0.4 is 4.90 Å². The predicted molar refractivity (Wildman–Crippen MR) is 88.0 cm³/mol. The average Bonchev–Trinajstić information content (AvgIpc) is 2.44. The number of carbonyl (C=O) groups is 2. The standard InChI is InChI=1S/C16H21ClN2O4/c1-16(2,3)23-15(22)18-7-8-19(13(10-18)14(20)21)12-6-4-5-11(17)9-12/h4-6,9,13H,7-8,10H2,1-3H3,(H,20,21)/t13-/m1/s1. The number of ether oxygens (including phenoxy) is 1. The molecule has 0 saturated carbocycles. The fraction of sp³-hybridized carbons (Fsp3) is 0.500. The van der Waals surface area contributed by atoms with E-state index in [2.05, 4.69) is 0 Å². The zero-order valence-corrected chi connectivity index (χ0v) is 14.2. The van der Waals surface area contributed by atoms with Crippen molar-refractivity contribution in [2.45, 2.75) is 32.4 Å². The number of nitrogens with zero attached hydrogens (tertiary/aromatic N) is 2. The summed E-state index contributed by atoms with van der Waals surface area (Å²) in [7, 11) is 0. The molecule has 1 fully saturated rings. The number of benzene rings is 1. The summed E-state index contributed by atoms with van der Waals surface area (Å²) < 4.78 is 5.32. The number of halogens is 1. The molecule has 1 heterocycles. The largest absolute Gasteiger partial charge is 0.480 e. The highest BCUT2D eigenvalue weighted by Crippen LogP contribution is 2.24. The van der Waals surface area contributed by atoms with Crippen LogP contribution in [0.2, 0.25) is 5.02 Å². The zero-order chi connectivity index (χ0) is 17.2. The lowest BCUT2D eigenvalue weighted by Crippen LogP contribution is -2.58. The van der Waals surface area contributed by atoms with E-state index in [1.165, 1.54) is 4.90 Å². The van der Waals surface area contributed by atoms with Crippen molar-refractivity contribution >= 4 is 29.4 Å². The fourth-order valence-electron chi connectivity index (χ4n) is 2.45. The number of anilines is 1. The normalized spacial score (nSPS) is 18.7. The van der Waals surface area contributed by atoms with E-state index in [1.807, 2.05) is 6.07 Å². The second-order valence-electron chi connectivity index (χ2n) is 6.45. The van der Waals surface area contributed by atoms with E-state index in [-0.39, 0.29) is 6.54 Å². The van der Waals surface area contributed by atoms with Crippen LogP contribution in [0, 0.1) is 0 Å². The minimum absolute atomic E-state index is 0.0662. The van der Waals surface area contributed by atoms with Gasteiger partial charge in [-0.1, -0.05) is 17.7 Å². The highest BCUT2D eigenvalue weighted by atomic mass is 35.5. The molecular weight excluding hydrogens is 320 g/mol. The van der Waals surface area contributed by atoms with Gasteiger partial charge in [0.2, 0.25) is 0 Å². The predicted octanol–water partition coefficient (Wildman–Crippen LogP) is 2.85. The Morgan fingerprint density at radius 3 is 2.57 bits per heavy atom. The van der Waals surface area contributed by atoms with Crippen LogP contribution in [-0.4, -0.2) is 53.3 Å². The van der Waals surface area contributed by atoms with Gasteiger partial charge >= 0.3 is 12.1 Å². The lowest BCUT2D eigenvalue weighted by atomic mass is 10.1. The molecule has 1 aliphatic rings. The highest BCUT2D eigenvalue weighted by molar-refractivity contribution is 6.30. The molecule has 6 nitrogen and oxygen atoms in total. The van der Waals surface area contributed by atoms with E-state index in [1.54, 1.807) is 43.9 Å². The number of aliphatic carboxylic acids is 1. The monoisotopic (exact) mass is 340 g/mol. The van der Waals surface area contributed by atoms with E-state index >= 15 is 0 Å². The molecule has 7 heteroatoms. The maximum absolute atomic E-state index is 12.2. The molecule has 1 N–H and O–H groups in total. The third-order valence-electron chi connectivity index (χ3n) is 3.46. The maximum Gasteiger partial charge on any atom is 0.410 e. The molecule has 1 aromatic carbocycles. The molecule has 2 rings (SSSR count). The molecule has 126 valence electrons. The average molecular weight is 341 g/mol. The first-order valence-electron chi connectivity index (χ1n) is 7.40. The summed E-state index contributed by atoms with van der Waals surface area (Å²) in [5.74, 6) is -0.988. The number of rotatable bonds is 2. The SMILES string of the molecule is CC(C)(C)OC(=O)N1CCN(c2cccc(Cl)c2)[C@@H](C(=O)O)C1. The van der Waals surface area contributed by atoms with Crippen molar-refractivity contribution in [3.8, 4) is 0 Å². The van der Waals surface area contributed by atoms with Crippen LogP contribution in [-0.2, 0) is 9.53 Å². The molecule has 0 spiro atoms. The van der Waals surface area contributed by atoms with Gasteiger partial charge in [-0.25, -0.2) is 9.59 Å². The molecule has 1 atom stereocenters. The zero-order valence-electron chi connectivity index (χ0n) is 13.5. The number of carboxylic acid groups (broad SMARTS) is 1. The first kappa shape index (κ1) is 17.4. The Balaban J connectivity index is 2.15. The number of carboxylic acids is 1. The Bertz CT molecular complexity index is 600. The van der Waals surface area contributed by atoms with Gasteiger partial charge in [0, 0.05) is 23.8 Å². The van der Waals surface area contributed by atoms with Crippen molar-refractivity contribution in [3.05, 3.63) is 29.3 Å². The summed E-state index contributed by atoms with van der Waals surface area (Å²) >= 11 is 5.98. The molecule has 0 bridgehead atoms. The Morgan fingerprint density at radius 2 is 2.00 bits per heavy atom. The number of hydrogen-bond acceptors (Lipinski definition) is 4. The van der Waals surface area contributed by atoms with Gasteiger partial charge in [0.1, 0.15) is 11.6 Å². The van der Waals surface area contributed by atoms with Gasteiger partial charge in [-0.15, -0.1) is 0 Å². The fourth-order valence-corrected chi connectivity index (χ4v) is 2.63. The molecular formula is C16H21ClN2O4. The third kappa shape index (κ3) is 4.51. The smallest absolute Gasteiger partial charge is 0.410 e. The van der Waals surface area contributed by atoms with Gasteiger partial charge in [0.15, 0.2) is 0 Å². The number of amides is 1. The van der Waals surface area contributed by atoms with Crippen molar-refractivity contribution in [2.24, 2.45) is 0 Å². The van der Waals surface area contributed by atoms with E-state index in [0.29, 0.717) is 18.1 Å². The van der Waals surface area contributed by atoms with Crippen molar-refractivity contribution in [2.75, 3.05) is 24.5 Å². The topological polar surface area (TPSA) is 70.1 Å². The van der Waals surface area contributed by atoms with Crippen molar-refractivity contribution in [1.29, 1.82) is 0 Å². The maximum atomic E-state index is 12.2. The quantitative estimate of drug-likeness (QED) is 0.896. The lowest BCUT2D eigenvalue weighted by molar-refractivity contribution is -0.139. The minimum Gasteiger partial charge on any atom is -0.480 e. The van der Waals surface area contributed by atoms with Crippen LogP contribution in [0.3, 0.4) is 0 Å². The van der Waals surface area contributed by atoms with E-state index in [0.717, 1.165) is 5.69 Å². The molecule has 0 aliphatic carbocycles. The van der Waals surface area contributed by atoms with Gasteiger partial charge in [-0.2, -0.15) is 0 Å². The highest BCUT2D eigenvalue weighted by Gasteiger charge is 2.36. The summed E-state index contributed by atoms with van der Waals surface area (Å²) in [6.07, 6.45) is -0.491.